The van der Waals surface area contributed by atoms with Crippen molar-refractivity contribution in [2.45, 2.75) is 13.0 Å². The van der Waals surface area contributed by atoms with E-state index in [9.17, 15) is 5.11 Å². The number of benzene rings is 1. The highest BCUT2D eigenvalue weighted by atomic mass is 16.5. The fourth-order valence-corrected chi connectivity index (χ4v) is 2.81. The van der Waals surface area contributed by atoms with Gasteiger partial charge >= 0.3 is 0 Å². The van der Waals surface area contributed by atoms with E-state index in [4.69, 9.17) is 15.2 Å². The normalized spacial score (nSPS) is 10.8. The van der Waals surface area contributed by atoms with Crippen molar-refractivity contribution in [3.05, 3.63) is 42.2 Å². The van der Waals surface area contributed by atoms with Gasteiger partial charge in [0.2, 0.25) is 5.95 Å². The van der Waals surface area contributed by atoms with Crippen LogP contribution in [-0.2, 0) is 6.54 Å². The highest BCUT2D eigenvalue weighted by Crippen LogP contribution is 2.34. The van der Waals surface area contributed by atoms with E-state index in [-0.39, 0.29) is 6.61 Å². The molecule has 3 aromatic rings. The van der Waals surface area contributed by atoms with Crippen LogP contribution >= 0.6 is 0 Å². The molecule has 0 saturated heterocycles. The zero-order valence-corrected chi connectivity index (χ0v) is 15.4. The molecule has 0 aliphatic carbocycles. The smallest absolute Gasteiger partial charge is 0.228 e. The minimum absolute atomic E-state index is 0.0762. The van der Waals surface area contributed by atoms with Crippen molar-refractivity contribution in [2.75, 3.05) is 38.0 Å². The van der Waals surface area contributed by atoms with Crippen LogP contribution in [0.25, 0.3) is 10.9 Å². The minimum Gasteiger partial charge on any atom is -0.493 e. The Morgan fingerprint density at radius 2 is 1.89 bits per heavy atom. The van der Waals surface area contributed by atoms with Gasteiger partial charge in [-0.2, -0.15) is 4.98 Å². The van der Waals surface area contributed by atoms with Gasteiger partial charge in [-0.05, 0) is 24.6 Å². The van der Waals surface area contributed by atoms with E-state index in [1.807, 2.05) is 23.1 Å². The molecule has 8 nitrogen and oxygen atoms in total. The van der Waals surface area contributed by atoms with Crippen LogP contribution in [0.3, 0.4) is 0 Å². The van der Waals surface area contributed by atoms with Crippen molar-refractivity contribution < 1.29 is 14.6 Å². The second-order valence-corrected chi connectivity index (χ2v) is 5.95. The first-order valence-electron chi connectivity index (χ1n) is 8.61. The van der Waals surface area contributed by atoms with Crippen molar-refractivity contribution in [3.8, 4) is 11.5 Å². The Kier molecular flexibility index (Phi) is 5.87. The molecule has 0 bridgehead atoms. The molecule has 0 aliphatic rings. The lowest BCUT2D eigenvalue weighted by molar-refractivity contribution is 0.289. The van der Waals surface area contributed by atoms with Crippen molar-refractivity contribution in [1.29, 1.82) is 0 Å². The summed E-state index contributed by atoms with van der Waals surface area (Å²) in [6.07, 6.45) is 2.33. The third-order valence-electron chi connectivity index (χ3n) is 4.17. The summed E-state index contributed by atoms with van der Waals surface area (Å²) < 4.78 is 10.7. The first-order chi connectivity index (χ1) is 13.2. The van der Waals surface area contributed by atoms with Crippen LogP contribution in [0, 0.1) is 0 Å². The fraction of sp³-hybridized carbons (Fsp3) is 0.316. The summed E-state index contributed by atoms with van der Waals surface area (Å²) >= 11 is 0. The van der Waals surface area contributed by atoms with Crippen LogP contribution in [0.1, 0.15) is 12.1 Å². The van der Waals surface area contributed by atoms with Gasteiger partial charge in [0.1, 0.15) is 5.82 Å². The van der Waals surface area contributed by atoms with Crippen LogP contribution in [0.4, 0.5) is 11.8 Å². The molecule has 3 N–H and O–H groups in total. The topological polar surface area (TPSA) is 107 Å². The molecular weight excluding hydrogens is 346 g/mol. The Labute approximate surface area is 157 Å². The van der Waals surface area contributed by atoms with Gasteiger partial charge in [0.05, 0.1) is 32.0 Å². The number of pyridine rings is 1. The van der Waals surface area contributed by atoms with E-state index in [1.165, 1.54) is 0 Å². The number of nitrogen functional groups attached to an aromatic ring is 1. The molecule has 0 saturated carbocycles. The third-order valence-corrected chi connectivity index (χ3v) is 4.17. The number of fused-ring (bicyclic) bond motifs is 1. The SMILES string of the molecule is COc1cc2nc(N(CCCO)Cc3ccccn3)nc(N)c2cc1OC. The number of hydrogen-bond donors (Lipinski definition) is 2. The number of anilines is 2. The molecule has 0 amide bonds. The van der Waals surface area contributed by atoms with E-state index in [0.717, 1.165) is 5.69 Å². The van der Waals surface area contributed by atoms with E-state index in [0.29, 0.717) is 53.7 Å². The largest absolute Gasteiger partial charge is 0.493 e. The first kappa shape index (κ1) is 18.7. The molecule has 3 rings (SSSR count). The minimum atomic E-state index is 0.0762. The zero-order valence-electron chi connectivity index (χ0n) is 15.4. The van der Waals surface area contributed by atoms with E-state index >= 15 is 0 Å². The van der Waals surface area contributed by atoms with Gasteiger partial charge in [-0.25, -0.2) is 4.98 Å². The maximum atomic E-state index is 9.24. The summed E-state index contributed by atoms with van der Waals surface area (Å²) in [5.74, 6) is 1.97. The van der Waals surface area contributed by atoms with Crippen molar-refractivity contribution in [1.82, 2.24) is 15.0 Å². The Balaban J connectivity index is 2.03. The highest BCUT2D eigenvalue weighted by Gasteiger charge is 2.16. The average Bonchev–Trinajstić information content (AvgIpc) is 2.70. The van der Waals surface area contributed by atoms with Crippen LogP contribution in [0.2, 0.25) is 0 Å². The number of nitrogens with two attached hydrogens (primary N) is 1. The van der Waals surface area contributed by atoms with E-state index in [2.05, 4.69) is 15.0 Å². The molecule has 0 fully saturated rings. The third kappa shape index (κ3) is 4.17. The van der Waals surface area contributed by atoms with Crippen LogP contribution in [-0.4, -0.2) is 47.4 Å². The lowest BCUT2D eigenvalue weighted by Crippen LogP contribution is -2.27. The molecule has 142 valence electrons. The van der Waals surface area contributed by atoms with Gasteiger partial charge in [0.15, 0.2) is 11.5 Å². The number of hydrogen-bond acceptors (Lipinski definition) is 8. The van der Waals surface area contributed by atoms with Crippen LogP contribution in [0.5, 0.6) is 11.5 Å². The van der Waals surface area contributed by atoms with Crippen LogP contribution < -0.4 is 20.1 Å². The molecular formula is C19H23N5O3. The quantitative estimate of drug-likeness (QED) is 0.621. The highest BCUT2D eigenvalue weighted by molar-refractivity contribution is 5.91. The number of methoxy groups -OCH3 is 2. The number of aliphatic hydroxyl groups excluding tert-OH is 1. The number of aliphatic hydroxyl groups is 1. The second kappa shape index (κ2) is 8.50. The molecule has 8 heteroatoms. The van der Waals surface area contributed by atoms with Gasteiger partial charge in [-0.15, -0.1) is 0 Å². The number of rotatable bonds is 8. The van der Waals surface area contributed by atoms with Gasteiger partial charge in [-0.3, -0.25) is 4.98 Å². The van der Waals surface area contributed by atoms with Crippen LogP contribution in [0.15, 0.2) is 36.5 Å². The number of aromatic nitrogens is 3. The maximum absolute atomic E-state index is 9.24. The monoisotopic (exact) mass is 369 g/mol. The molecule has 2 heterocycles. The Hall–Kier alpha value is -3.13. The summed E-state index contributed by atoms with van der Waals surface area (Å²) in [5, 5.41) is 9.93. The predicted octanol–water partition coefficient (Wildman–Crippen LogP) is 2.01. The van der Waals surface area contributed by atoms with Crippen molar-refractivity contribution in [3.63, 3.8) is 0 Å². The molecule has 2 aromatic heterocycles. The maximum Gasteiger partial charge on any atom is 0.228 e. The summed E-state index contributed by atoms with van der Waals surface area (Å²) in [4.78, 5) is 15.4. The van der Waals surface area contributed by atoms with Crippen molar-refractivity contribution >= 4 is 22.7 Å². The molecule has 0 aliphatic heterocycles. The van der Waals surface area contributed by atoms with Gasteiger partial charge in [0.25, 0.3) is 0 Å². The summed E-state index contributed by atoms with van der Waals surface area (Å²) in [7, 11) is 3.14. The summed E-state index contributed by atoms with van der Waals surface area (Å²) in [6.45, 7) is 1.16. The molecule has 0 radical (unpaired) electrons. The lowest BCUT2D eigenvalue weighted by Gasteiger charge is -2.23. The second-order valence-electron chi connectivity index (χ2n) is 5.95. The standard InChI is InChI=1S/C19H23N5O3/c1-26-16-10-14-15(11-17(16)27-2)22-19(23-18(14)20)24(8-5-9-25)12-13-6-3-4-7-21-13/h3-4,6-7,10-11,25H,5,8-9,12H2,1-2H3,(H2,20,22,23). The van der Waals surface area contributed by atoms with Gasteiger partial charge < -0.3 is 25.2 Å². The first-order valence-corrected chi connectivity index (χ1v) is 8.61. The Morgan fingerprint density at radius 1 is 1.11 bits per heavy atom. The lowest BCUT2D eigenvalue weighted by atomic mass is 10.2. The van der Waals surface area contributed by atoms with E-state index in [1.54, 1.807) is 32.5 Å². The molecule has 0 atom stereocenters. The van der Waals surface area contributed by atoms with Gasteiger partial charge in [0, 0.05) is 30.8 Å². The fourth-order valence-electron chi connectivity index (χ4n) is 2.81. The van der Waals surface area contributed by atoms with E-state index < -0.39 is 0 Å². The Bertz CT molecular complexity index is 905. The molecule has 0 spiro atoms. The average molecular weight is 369 g/mol. The number of ether oxygens (including phenoxy) is 2. The molecule has 27 heavy (non-hydrogen) atoms. The molecule has 1 aromatic carbocycles. The predicted molar refractivity (Wildman–Crippen MR) is 104 cm³/mol. The summed E-state index contributed by atoms with van der Waals surface area (Å²) in [5.41, 5.74) is 7.73. The molecule has 0 unspecified atom stereocenters. The zero-order chi connectivity index (χ0) is 19.2. The summed E-state index contributed by atoms with van der Waals surface area (Å²) in [6, 6.07) is 9.28. The van der Waals surface area contributed by atoms with Crippen molar-refractivity contribution in [2.24, 2.45) is 0 Å². The Morgan fingerprint density at radius 3 is 2.56 bits per heavy atom. The van der Waals surface area contributed by atoms with Gasteiger partial charge in [-0.1, -0.05) is 6.07 Å². The number of nitrogens with zero attached hydrogens (tertiary/aromatic N) is 4.